The van der Waals surface area contributed by atoms with Crippen molar-refractivity contribution in [2.45, 2.75) is 32.5 Å². The lowest BCUT2D eigenvalue weighted by molar-refractivity contribution is -0.210. The fourth-order valence-corrected chi connectivity index (χ4v) is 0.283. The summed E-state index contributed by atoms with van der Waals surface area (Å²) >= 11 is 0. The van der Waals surface area contributed by atoms with Crippen molar-refractivity contribution in [1.82, 2.24) is 11.0 Å². The summed E-state index contributed by atoms with van der Waals surface area (Å²) in [6.45, 7) is 5.05. The Hall–Kier alpha value is -0.820. The Labute approximate surface area is 73.4 Å². The third kappa shape index (κ3) is 6.35. The van der Waals surface area contributed by atoms with Crippen LogP contribution in [0.4, 0.5) is 13.2 Å². The van der Waals surface area contributed by atoms with Gasteiger partial charge in [-0.3, -0.25) is 0 Å². The standard InChI is InChI=1S/C6H11F3N2O2/c1-5(2,3)10-11-13-4(12)6(7,8)9/h10-11H,1-3H3. The molecule has 0 amide bonds. The van der Waals surface area contributed by atoms with Gasteiger partial charge in [0.2, 0.25) is 0 Å². The zero-order valence-electron chi connectivity index (χ0n) is 7.45. The number of carbonyl (C=O) groups is 1. The number of nitrogens with one attached hydrogen (secondary N) is 2. The van der Waals surface area contributed by atoms with E-state index in [4.69, 9.17) is 0 Å². The highest BCUT2D eigenvalue weighted by Crippen LogP contribution is 2.15. The van der Waals surface area contributed by atoms with Gasteiger partial charge in [0, 0.05) is 5.54 Å². The second-order valence-corrected chi connectivity index (χ2v) is 3.36. The van der Waals surface area contributed by atoms with Crippen LogP contribution in [0.3, 0.4) is 0 Å². The first-order valence-corrected chi connectivity index (χ1v) is 3.43. The molecule has 7 heteroatoms. The fourth-order valence-electron chi connectivity index (χ4n) is 0.283. The average Bonchev–Trinajstić information content (AvgIpc) is 1.82. The maximum absolute atomic E-state index is 11.5. The van der Waals surface area contributed by atoms with Gasteiger partial charge in [-0.05, 0) is 20.8 Å². The monoisotopic (exact) mass is 200 g/mol. The first kappa shape index (κ1) is 12.2. The minimum Gasteiger partial charge on any atom is -0.348 e. The molecule has 0 heterocycles. The molecule has 0 rings (SSSR count). The molecule has 0 aromatic carbocycles. The summed E-state index contributed by atoms with van der Waals surface area (Å²) < 4.78 is 34.6. The van der Waals surface area contributed by atoms with Crippen LogP contribution in [0.1, 0.15) is 20.8 Å². The summed E-state index contributed by atoms with van der Waals surface area (Å²) in [5.74, 6) is -2.29. The van der Waals surface area contributed by atoms with Crippen LogP contribution in [-0.4, -0.2) is 17.7 Å². The molecule has 0 bridgehead atoms. The highest BCUT2D eigenvalue weighted by atomic mass is 19.4. The van der Waals surface area contributed by atoms with Gasteiger partial charge in [-0.1, -0.05) is 5.59 Å². The van der Waals surface area contributed by atoms with Gasteiger partial charge in [-0.25, -0.2) is 10.2 Å². The van der Waals surface area contributed by atoms with Gasteiger partial charge in [0.15, 0.2) is 0 Å². The molecule has 0 aliphatic carbocycles. The first-order valence-electron chi connectivity index (χ1n) is 3.43. The van der Waals surface area contributed by atoms with Crippen molar-refractivity contribution in [2.24, 2.45) is 0 Å². The Bertz CT molecular complexity index is 185. The molecule has 0 aromatic heterocycles. The molecule has 0 unspecified atom stereocenters. The summed E-state index contributed by atoms with van der Waals surface area (Å²) in [6, 6.07) is 0. The van der Waals surface area contributed by atoms with E-state index in [1.807, 2.05) is 0 Å². The van der Waals surface area contributed by atoms with E-state index in [0.29, 0.717) is 0 Å². The predicted molar refractivity (Wildman–Crippen MR) is 38.2 cm³/mol. The minimum atomic E-state index is -4.98. The summed E-state index contributed by atoms with van der Waals surface area (Å²) in [6.07, 6.45) is -4.98. The van der Waals surface area contributed by atoms with Crippen molar-refractivity contribution in [3.05, 3.63) is 0 Å². The quantitative estimate of drug-likeness (QED) is 0.650. The smallest absolute Gasteiger partial charge is 0.348 e. The Kier molecular flexibility index (Phi) is 3.68. The van der Waals surface area contributed by atoms with Gasteiger partial charge in [0.05, 0.1) is 0 Å². The lowest BCUT2D eigenvalue weighted by atomic mass is 10.1. The fraction of sp³-hybridized carbons (Fsp3) is 0.833. The number of hydrazine groups is 1. The molecule has 0 aliphatic heterocycles. The Morgan fingerprint density at radius 2 is 1.69 bits per heavy atom. The largest absolute Gasteiger partial charge is 0.492 e. The number of halogens is 3. The second-order valence-electron chi connectivity index (χ2n) is 3.36. The van der Waals surface area contributed by atoms with Crippen molar-refractivity contribution in [3.8, 4) is 0 Å². The number of hydrogen-bond donors (Lipinski definition) is 2. The van der Waals surface area contributed by atoms with E-state index in [1.165, 1.54) is 0 Å². The molecule has 0 radical (unpaired) electrons. The van der Waals surface area contributed by atoms with Crippen LogP contribution in [0.5, 0.6) is 0 Å². The zero-order chi connectivity index (χ0) is 10.7. The molecule has 0 aliphatic rings. The molecular formula is C6H11F3N2O2. The van der Waals surface area contributed by atoms with Crippen molar-refractivity contribution >= 4 is 5.97 Å². The molecule has 0 saturated carbocycles. The third-order valence-corrected chi connectivity index (χ3v) is 0.801. The lowest BCUT2D eigenvalue weighted by Crippen LogP contribution is -2.48. The van der Waals surface area contributed by atoms with E-state index >= 15 is 0 Å². The van der Waals surface area contributed by atoms with Gasteiger partial charge in [-0.2, -0.15) is 13.2 Å². The second kappa shape index (κ2) is 3.93. The molecule has 0 saturated heterocycles. The minimum absolute atomic E-state index is 0.494. The summed E-state index contributed by atoms with van der Waals surface area (Å²) in [4.78, 5) is 13.8. The van der Waals surface area contributed by atoms with Gasteiger partial charge in [0.25, 0.3) is 0 Å². The third-order valence-electron chi connectivity index (χ3n) is 0.801. The molecular weight excluding hydrogens is 189 g/mol. The Morgan fingerprint density at radius 3 is 2.00 bits per heavy atom. The van der Waals surface area contributed by atoms with Crippen molar-refractivity contribution in [2.75, 3.05) is 0 Å². The maximum Gasteiger partial charge on any atom is 0.492 e. The first-order chi connectivity index (χ1) is 5.63. The Balaban J connectivity index is 3.74. The topological polar surface area (TPSA) is 50.4 Å². The highest BCUT2D eigenvalue weighted by Gasteiger charge is 2.41. The van der Waals surface area contributed by atoms with E-state index in [0.717, 1.165) is 0 Å². The number of rotatable bonds is 2. The number of carbonyl (C=O) groups excluding carboxylic acids is 1. The maximum atomic E-state index is 11.5. The predicted octanol–water partition coefficient (Wildman–Crippen LogP) is 0.900. The molecule has 0 atom stereocenters. The number of alkyl halides is 3. The molecule has 78 valence electrons. The molecule has 2 N–H and O–H groups in total. The Morgan fingerprint density at radius 1 is 1.23 bits per heavy atom. The molecule has 0 aromatic rings. The van der Waals surface area contributed by atoms with Crippen LogP contribution < -0.4 is 11.0 Å². The molecule has 0 spiro atoms. The molecule has 13 heavy (non-hydrogen) atoms. The highest BCUT2D eigenvalue weighted by molar-refractivity contribution is 5.75. The van der Waals surface area contributed by atoms with Crippen LogP contribution in [-0.2, 0) is 9.63 Å². The van der Waals surface area contributed by atoms with E-state index in [9.17, 15) is 18.0 Å². The van der Waals surface area contributed by atoms with E-state index in [-0.39, 0.29) is 0 Å². The SMILES string of the molecule is CC(C)(C)NNOC(=O)C(F)(F)F. The summed E-state index contributed by atoms with van der Waals surface area (Å²) in [7, 11) is 0. The summed E-state index contributed by atoms with van der Waals surface area (Å²) in [5.41, 5.74) is 3.55. The van der Waals surface area contributed by atoms with E-state index in [1.54, 1.807) is 26.4 Å². The molecule has 0 fully saturated rings. The van der Waals surface area contributed by atoms with Gasteiger partial charge < -0.3 is 4.84 Å². The van der Waals surface area contributed by atoms with Crippen LogP contribution in [0.2, 0.25) is 0 Å². The van der Waals surface area contributed by atoms with Crippen molar-refractivity contribution < 1.29 is 22.8 Å². The van der Waals surface area contributed by atoms with Crippen LogP contribution in [0, 0.1) is 0 Å². The normalized spacial score (nSPS) is 12.8. The molecule has 4 nitrogen and oxygen atoms in total. The van der Waals surface area contributed by atoms with Crippen LogP contribution >= 0.6 is 0 Å². The van der Waals surface area contributed by atoms with E-state index < -0.39 is 17.7 Å². The van der Waals surface area contributed by atoms with Crippen LogP contribution in [0.25, 0.3) is 0 Å². The van der Waals surface area contributed by atoms with Crippen LogP contribution in [0.15, 0.2) is 0 Å². The van der Waals surface area contributed by atoms with Crippen molar-refractivity contribution in [1.29, 1.82) is 0 Å². The van der Waals surface area contributed by atoms with E-state index in [2.05, 4.69) is 10.3 Å². The number of hydrogen-bond acceptors (Lipinski definition) is 4. The lowest BCUT2D eigenvalue weighted by Gasteiger charge is -2.20. The van der Waals surface area contributed by atoms with Gasteiger partial charge in [0.1, 0.15) is 0 Å². The van der Waals surface area contributed by atoms with Gasteiger partial charge in [-0.15, -0.1) is 0 Å². The average molecular weight is 200 g/mol. The van der Waals surface area contributed by atoms with Crippen molar-refractivity contribution in [3.63, 3.8) is 0 Å². The zero-order valence-corrected chi connectivity index (χ0v) is 7.45. The summed E-state index contributed by atoms with van der Waals surface area (Å²) in [5, 5.41) is 0. The van der Waals surface area contributed by atoms with Gasteiger partial charge >= 0.3 is 12.1 Å².